The van der Waals surface area contributed by atoms with Gasteiger partial charge in [0.05, 0.1) is 4.92 Å². The van der Waals surface area contributed by atoms with Crippen LogP contribution < -0.4 is 5.32 Å². The maximum absolute atomic E-state index is 10.8. The Bertz CT molecular complexity index is 450. The SMILES string of the molecule is O=[N+]([O-])c1cccc(CNC2CCCCCC2CO)c1. The van der Waals surface area contributed by atoms with E-state index < -0.39 is 0 Å². The highest BCUT2D eigenvalue weighted by molar-refractivity contribution is 5.34. The summed E-state index contributed by atoms with van der Waals surface area (Å²) in [5.74, 6) is 0.302. The highest BCUT2D eigenvalue weighted by Gasteiger charge is 2.22. The van der Waals surface area contributed by atoms with Gasteiger partial charge in [-0.1, -0.05) is 31.4 Å². The van der Waals surface area contributed by atoms with Crippen LogP contribution in [-0.2, 0) is 6.54 Å². The molecule has 0 radical (unpaired) electrons. The minimum atomic E-state index is -0.369. The second-order valence-corrected chi connectivity index (χ2v) is 5.50. The number of nitrogens with zero attached hydrogens (tertiary/aromatic N) is 1. The molecule has 2 rings (SSSR count). The van der Waals surface area contributed by atoms with Crippen molar-refractivity contribution in [1.82, 2.24) is 5.32 Å². The lowest BCUT2D eigenvalue weighted by molar-refractivity contribution is -0.384. The van der Waals surface area contributed by atoms with Crippen LogP contribution in [0.25, 0.3) is 0 Å². The molecule has 5 nitrogen and oxygen atoms in total. The minimum Gasteiger partial charge on any atom is -0.396 e. The number of non-ortho nitro benzene ring substituents is 1. The molecule has 110 valence electrons. The Morgan fingerprint density at radius 2 is 2.10 bits per heavy atom. The average Bonchev–Trinajstić information content (AvgIpc) is 2.70. The Labute approximate surface area is 119 Å². The van der Waals surface area contributed by atoms with Gasteiger partial charge in [-0.25, -0.2) is 0 Å². The first kappa shape index (κ1) is 14.9. The summed E-state index contributed by atoms with van der Waals surface area (Å²) in [7, 11) is 0. The topological polar surface area (TPSA) is 75.4 Å². The highest BCUT2D eigenvalue weighted by Crippen LogP contribution is 2.23. The van der Waals surface area contributed by atoms with Crippen molar-refractivity contribution < 1.29 is 10.0 Å². The Morgan fingerprint density at radius 1 is 1.30 bits per heavy atom. The standard InChI is InChI=1S/C15H22N2O3/c18-11-13-6-2-1-3-8-15(13)16-10-12-5-4-7-14(9-12)17(19)20/h4-5,7,9,13,15-16,18H,1-3,6,8,10-11H2. The van der Waals surface area contributed by atoms with Crippen molar-refractivity contribution in [1.29, 1.82) is 0 Å². The van der Waals surface area contributed by atoms with E-state index >= 15 is 0 Å². The van der Waals surface area contributed by atoms with E-state index in [-0.39, 0.29) is 17.2 Å². The number of nitrogens with one attached hydrogen (secondary N) is 1. The highest BCUT2D eigenvalue weighted by atomic mass is 16.6. The van der Waals surface area contributed by atoms with E-state index in [0.717, 1.165) is 18.4 Å². The fourth-order valence-electron chi connectivity index (χ4n) is 2.90. The number of hydrogen-bond acceptors (Lipinski definition) is 4. The molecular formula is C15H22N2O3. The quantitative estimate of drug-likeness (QED) is 0.493. The molecule has 0 heterocycles. The lowest BCUT2D eigenvalue weighted by Gasteiger charge is -2.24. The first-order valence-corrected chi connectivity index (χ1v) is 7.28. The molecule has 1 aromatic rings. The Morgan fingerprint density at radius 3 is 2.85 bits per heavy atom. The monoisotopic (exact) mass is 278 g/mol. The van der Waals surface area contributed by atoms with Crippen molar-refractivity contribution in [2.45, 2.75) is 44.7 Å². The molecule has 20 heavy (non-hydrogen) atoms. The van der Waals surface area contributed by atoms with Crippen molar-refractivity contribution in [3.05, 3.63) is 39.9 Å². The predicted octanol–water partition coefficient (Wildman–Crippen LogP) is 2.63. The van der Waals surface area contributed by atoms with Gasteiger partial charge in [0.1, 0.15) is 0 Å². The number of rotatable bonds is 5. The molecule has 1 saturated carbocycles. The zero-order valence-electron chi connectivity index (χ0n) is 11.6. The van der Waals surface area contributed by atoms with E-state index in [1.165, 1.54) is 25.3 Å². The maximum Gasteiger partial charge on any atom is 0.269 e. The number of aliphatic hydroxyl groups is 1. The molecule has 0 aromatic heterocycles. The molecule has 0 aliphatic heterocycles. The normalized spacial score (nSPS) is 23.2. The molecule has 0 amide bonds. The fraction of sp³-hybridized carbons (Fsp3) is 0.600. The van der Waals surface area contributed by atoms with Gasteiger partial charge in [0.15, 0.2) is 0 Å². The lowest BCUT2D eigenvalue weighted by Crippen LogP contribution is -2.36. The third-order valence-electron chi connectivity index (χ3n) is 4.08. The van der Waals surface area contributed by atoms with Gasteiger partial charge in [-0.05, 0) is 24.3 Å². The molecule has 2 atom stereocenters. The molecule has 5 heteroatoms. The first-order valence-electron chi connectivity index (χ1n) is 7.28. The van der Waals surface area contributed by atoms with Crippen LogP contribution in [0.3, 0.4) is 0 Å². The van der Waals surface area contributed by atoms with Crippen molar-refractivity contribution in [2.75, 3.05) is 6.61 Å². The molecule has 1 aliphatic carbocycles. The zero-order chi connectivity index (χ0) is 14.4. The third-order valence-corrected chi connectivity index (χ3v) is 4.08. The Hall–Kier alpha value is -1.46. The second kappa shape index (κ2) is 7.36. The van der Waals surface area contributed by atoms with E-state index in [2.05, 4.69) is 5.32 Å². The molecule has 2 N–H and O–H groups in total. The van der Waals surface area contributed by atoms with E-state index in [9.17, 15) is 15.2 Å². The molecular weight excluding hydrogens is 256 g/mol. The average molecular weight is 278 g/mol. The van der Waals surface area contributed by atoms with Crippen molar-refractivity contribution in [2.24, 2.45) is 5.92 Å². The summed E-state index contributed by atoms with van der Waals surface area (Å²) in [5, 5.41) is 23.7. The molecule has 1 aliphatic rings. The maximum atomic E-state index is 10.8. The van der Waals surface area contributed by atoms with Crippen LogP contribution in [0.4, 0.5) is 5.69 Å². The number of hydrogen-bond donors (Lipinski definition) is 2. The second-order valence-electron chi connectivity index (χ2n) is 5.50. The predicted molar refractivity (Wildman–Crippen MR) is 77.4 cm³/mol. The summed E-state index contributed by atoms with van der Waals surface area (Å²) < 4.78 is 0. The van der Waals surface area contributed by atoms with Crippen LogP contribution in [-0.4, -0.2) is 22.7 Å². The minimum absolute atomic E-state index is 0.129. The van der Waals surface area contributed by atoms with Gasteiger partial charge in [-0.15, -0.1) is 0 Å². The molecule has 0 bridgehead atoms. The number of benzene rings is 1. The molecule has 1 aromatic carbocycles. The summed E-state index contributed by atoms with van der Waals surface area (Å²) in [5.41, 5.74) is 1.05. The Balaban J connectivity index is 1.96. The third kappa shape index (κ3) is 4.02. The van der Waals surface area contributed by atoms with E-state index in [4.69, 9.17) is 0 Å². The van der Waals surface area contributed by atoms with Gasteiger partial charge >= 0.3 is 0 Å². The number of nitro groups is 1. The van der Waals surface area contributed by atoms with E-state index in [1.807, 2.05) is 6.07 Å². The van der Waals surface area contributed by atoms with Crippen LogP contribution in [0, 0.1) is 16.0 Å². The van der Waals surface area contributed by atoms with Gasteiger partial charge in [-0.3, -0.25) is 10.1 Å². The Kier molecular flexibility index (Phi) is 5.49. The number of aliphatic hydroxyl groups excluding tert-OH is 1. The molecule has 0 saturated heterocycles. The molecule has 2 unspecified atom stereocenters. The van der Waals surface area contributed by atoms with Crippen molar-refractivity contribution in [3.8, 4) is 0 Å². The van der Waals surface area contributed by atoms with Gasteiger partial charge in [0, 0.05) is 31.3 Å². The summed E-state index contributed by atoms with van der Waals surface area (Å²) in [6.07, 6.45) is 5.72. The smallest absolute Gasteiger partial charge is 0.269 e. The van der Waals surface area contributed by atoms with Crippen molar-refractivity contribution >= 4 is 5.69 Å². The molecule has 1 fully saturated rings. The van der Waals surface area contributed by atoms with Crippen LogP contribution >= 0.6 is 0 Å². The van der Waals surface area contributed by atoms with Gasteiger partial charge < -0.3 is 10.4 Å². The molecule has 0 spiro atoms. The van der Waals surface area contributed by atoms with Gasteiger partial charge in [-0.2, -0.15) is 0 Å². The zero-order valence-corrected chi connectivity index (χ0v) is 11.6. The van der Waals surface area contributed by atoms with Gasteiger partial charge in [0.25, 0.3) is 5.69 Å². The summed E-state index contributed by atoms with van der Waals surface area (Å²) in [6.45, 7) is 0.829. The van der Waals surface area contributed by atoms with Crippen molar-refractivity contribution in [3.63, 3.8) is 0 Å². The van der Waals surface area contributed by atoms with Crippen LogP contribution in [0.2, 0.25) is 0 Å². The first-order chi connectivity index (χ1) is 9.70. The van der Waals surface area contributed by atoms with E-state index in [0.29, 0.717) is 18.5 Å². The fourth-order valence-corrected chi connectivity index (χ4v) is 2.90. The summed E-state index contributed by atoms with van der Waals surface area (Å²) in [6, 6.07) is 7.03. The van der Waals surface area contributed by atoms with Crippen LogP contribution in [0.5, 0.6) is 0 Å². The summed E-state index contributed by atoms with van der Waals surface area (Å²) >= 11 is 0. The van der Waals surface area contributed by atoms with Crippen LogP contribution in [0.15, 0.2) is 24.3 Å². The van der Waals surface area contributed by atoms with E-state index in [1.54, 1.807) is 12.1 Å². The van der Waals surface area contributed by atoms with Gasteiger partial charge in [0.2, 0.25) is 0 Å². The largest absolute Gasteiger partial charge is 0.396 e. The van der Waals surface area contributed by atoms with Crippen LogP contribution in [0.1, 0.15) is 37.7 Å². The number of nitro benzene ring substituents is 1. The summed E-state index contributed by atoms with van der Waals surface area (Å²) in [4.78, 5) is 10.4. The lowest BCUT2D eigenvalue weighted by atomic mass is 9.95.